The van der Waals surface area contributed by atoms with Crippen molar-refractivity contribution in [2.45, 2.75) is 13.0 Å². The van der Waals surface area contributed by atoms with Gasteiger partial charge in [-0.3, -0.25) is 9.48 Å². The number of anilines is 1. The second kappa shape index (κ2) is 8.10. The van der Waals surface area contributed by atoms with E-state index in [1.54, 1.807) is 36.9 Å². The highest BCUT2D eigenvalue weighted by molar-refractivity contribution is 5.89. The summed E-state index contributed by atoms with van der Waals surface area (Å²) in [7, 11) is 1.72. The summed E-state index contributed by atoms with van der Waals surface area (Å²) in [6.07, 6.45) is -1.20. The number of aliphatic hydroxyl groups is 1. The van der Waals surface area contributed by atoms with Gasteiger partial charge < -0.3 is 15.7 Å². The lowest BCUT2D eigenvalue weighted by molar-refractivity contribution is 0.170. The number of amides is 2. The van der Waals surface area contributed by atoms with Gasteiger partial charge in [0.15, 0.2) is 0 Å². The molecule has 3 N–H and O–H groups in total. The van der Waals surface area contributed by atoms with E-state index in [2.05, 4.69) is 10.6 Å². The molecule has 0 aliphatic carbocycles. The van der Waals surface area contributed by atoms with E-state index >= 15 is 0 Å². The Bertz CT molecular complexity index is 1040. The van der Waals surface area contributed by atoms with Crippen molar-refractivity contribution >= 4 is 11.7 Å². The van der Waals surface area contributed by atoms with Gasteiger partial charge in [0.2, 0.25) is 0 Å². The molecule has 0 radical (unpaired) electrons. The highest BCUT2D eigenvalue weighted by Gasteiger charge is 2.19. The monoisotopic (exact) mass is 384 g/mol. The zero-order chi connectivity index (χ0) is 20.3. The predicted molar refractivity (Wildman–Crippen MR) is 104 cm³/mol. The Labute approximate surface area is 161 Å². The lowest BCUT2D eigenvalue weighted by Crippen LogP contribution is -2.34. The smallest absolute Gasteiger partial charge is 0.319 e. The van der Waals surface area contributed by atoms with Gasteiger partial charge in [0.1, 0.15) is 11.5 Å². The summed E-state index contributed by atoms with van der Waals surface area (Å²) in [5, 5.41) is 15.0. The topological polar surface area (TPSA) is 88.3 Å². The molecule has 1 unspecified atom stereocenters. The number of hydrogen-bond acceptors (Lipinski definition) is 3. The van der Waals surface area contributed by atoms with Crippen molar-refractivity contribution in [1.29, 1.82) is 0 Å². The van der Waals surface area contributed by atoms with Crippen molar-refractivity contribution in [2.75, 3.05) is 11.9 Å². The highest BCUT2D eigenvalue weighted by atomic mass is 19.1. The molecule has 3 aromatic rings. The number of para-hydroxylation sites is 1. The molecule has 0 saturated heterocycles. The van der Waals surface area contributed by atoms with E-state index in [0.29, 0.717) is 11.4 Å². The van der Waals surface area contributed by atoms with Crippen LogP contribution < -0.4 is 16.2 Å². The standard InChI is InChI=1S/C20H21FN4O3/c1-13-18(19(27)25(24(13)2)14-8-4-3-5-9-14)23-20(28)22-12-17(26)15-10-6-7-11-16(15)21/h3-11,17,26H,12H2,1-2H3,(H2,22,23,28). The van der Waals surface area contributed by atoms with Crippen LogP contribution in [0.1, 0.15) is 17.4 Å². The fourth-order valence-electron chi connectivity index (χ4n) is 2.91. The van der Waals surface area contributed by atoms with E-state index in [-0.39, 0.29) is 23.4 Å². The maximum atomic E-state index is 13.7. The van der Waals surface area contributed by atoms with Crippen LogP contribution >= 0.6 is 0 Å². The summed E-state index contributed by atoms with van der Waals surface area (Å²) < 4.78 is 16.8. The van der Waals surface area contributed by atoms with E-state index in [4.69, 9.17) is 0 Å². The molecule has 146 valence electrons. The Morgan fingerprint density at radius 2 is 1.79 bits per heavy atom. The van der Waals surface area contributed by atoms with Gasteiger partial charge in [-0.15, -0.1) is 0 Å². The number of rotatable bonds is 5. The van der Waals surface area contributed by atoms with Crippen molar-refractivity contribution in [3.05, 3.63) is 82.0 Å². The second-order valence-corrected chi connectivity index (χ2v) is 6.31. The van der Waals surface area contributed by atoms with Crippen LogP contribution in [0.3, 0.4) is 0 Å². The van der Waals surface area contributed by atoms with Crippen LogP contribution in [0.25, 0.3) is 5.69 Å². The molecule has 1 atom stereocenters. The highest BCUT2D eigenvalue weighted by Crippen LogP contribution is 2.16. The molecule has 2 amide bonds. The SMILES string of the molecule is Cc1c(NC(=O)NCC(O)c2ccccc2F)c(=O)n(-c2ccccc2)n1C. The summed E-state index contributed by atoms with van der Waals surface area (Å²) in [6.45, 7) is 1.51. The maximum Gasteiger partial charge on any atom is 0.319 e. The first-order valence-electron chi connectivity index (χ1n) is 8.71. The van der Waals surface area contributed by atoms with Crippen LogP contribution in [0, 0.1) is 12.7 Å². The normalized spacial score (nSPS) is 11.9. The minimum Gasteiger partial charge on any atom is -0.386 e. The number of hydrogen-bond donors (Lipinski definition) is 3. The Kier molecular flexibility index (Phi) is 5.60. The lowest BCUT2D eigenvalue weighted by Gasteiger charge is -2.13. The van der Waals surface area contributed by atoms with Gasteiger partial charge in [-0.25, -0.2) is 13.9 Å². The minimum absolute atomic E-state index is 0.0881. The van der Waals surface area contributed by atoms with Crippen LogP contribution in [0.4, 0.5) is 14.9 Å². The zero-order valence-corrected chi connectivity index (χ0v) is 15.5. The van der Waals surface area contributed by atoms with Crippen LogP contribution in [0.2, 0.25) is 0 Å². The van der Waals surface area contributed by atoms with Crippen molar-refractivity contribution in [3.8, 4) is 5.69 Å². The van der Waals surface area contributed by atoms with E-state index in [1.165, 1.54) is 22.9 Å². The Morgan fingerprint density at radius 3 is 2.46 bits per heavy atom. The van der Waals surface area contributed by atoms with Gasteiger partial charge in [-0.05, 0) is 25.1 Å². The third-order valence-corrected chi connectivity index (χ3v) is 4.51. The number of nitrogens with one attached hydrogen (secondary N) is 2. The molecular weight excluding hydrogens is 363 g/mol. The van der Waals surface area contributed by atoms with Crippen molar-refractivity contribution in [1.82, 2.24) is 14.7 Å². The average molecular weight is 384 g/mol. The number of aliphatic hydroxyl groups excluding tert-OH is 1. The number of benzene rings is 2. The minimum atomic E-state index is -1.20. The quantitative estimate of drug-likeness (QED) is 0.631. The molecule has 0 fully saturated rings. The van der Waals surface area contributed by atoms with Gasteiger partial charge in [-0.1, -0.05) is 36.4 Å². The van der Waals surface area contributed by atoms with Crippen molar-refractivity contribution in [2.24, 2.45) is 7.05 Å². The number of urea groups is 1. The van der Waals surface area contributed by atoms with E-state index < -0.39 is 18.0 Å². The molecule has 3 rings (SSSR count). The van der Waals surface area contributed by atoms with Gasteiger partial charge in [0.25, 0.3) is 5.56 Å². The summed E-state index contributed by atoms with van der Waals surface area (Å²) in [6, 6.07) is 14.2. The molecule has 0 bridgehead atoms. The van der Waals surface area contributed by atoms with Gasteiger partial charge in [-0.2, -0.15) is 0 Å². The fraction of sp³-hybridized carbons (Fsp3) is 0.200. The molecule has 28 heavy (non-hydrogen) atoms. The van der Waals surface area contributed by atoms with E-state index in [1.807, 2.05) is 18.2 Å². The zero-order valence-electron chi connectivity index (χ0n) is 15.5. The largest absolute Gasteiger partial charge is 0.386 e. The molecule has 1 heterocycles. The van der Waals surface area contributed by atoms with Crippen LogP contribution in [-0.4, -0.2) is 27.0 Å². The Hall–Kier alpha value is -3.39. The fourth-order valence-corrected chi connectivity index (χ4v) is 2.91. The van der Waals surface area contributed by atoms with Crippen molar-refractivity contribution < 1.29 is 14.3 Å². The molecule has 0 spiro atoms. The molecule has 8 heteroatoms. The first kappa shape index (κ1) is 19.4. The number of halogens is 1. The number of carbonyl (C=O) groups excluding carboxylic acids is 1. The molecule has 2 aromatic carbocycles. The third-order valence-electron chi connectivity index (χ3n) is 4.51. The first-order chi connectivity index (χ1) is 13.4. The Morgan fingerprint density at radius 1 is 1.14 bits per heavy atom. The number of aromatic nitrogens is 2. The van der Waals surface area contributed by atoms with Crippen LogP contribution in [-0.2, 0) is 7.05 Å². The van der Waals surface area contributed by atoms with Gasteiger partial charge in [0.05, 0.1) is 17.5 Å². The summed E-state index contributed by atoms with van der Waals surface area (Å²) in [4.78, 5) is 25.0. The average Bonchev–Trinajstić information content (AvgIpc) is 2.90. The number of nitrogens with zero attached hydrogens (tertiary/aromatic N) is 2. The number of carbonyl (C=O) groups is 1. The molecule has 1 aromatic heterocycles. The lowest BCUT2D eigenvalue weighted by atomic mass is 10.1. The molecule has 7 nitrogen and oxygen atoms in total. The first-order valence-corrected chi connectivity index (χ1v) is 8.71. The van der Waals surface area contributed by atoms with Crippen molar-refractivity contribution in [3.63, 3.8) is 0 Å². The third kappa shape index (κ3) is 3.81. The summed E-state index contributed by atoms with van der Waals surface area (Å²) in [5.41, 5.74) is 1.07. The molecule has 0 saturated carbocycles. The van der Waals surface area contributed by atoms with E-state index in [9.17, 15) is 19.1 Å². The maximum absolute atomic E-state index is 13.7. The molecular formula is C20H21FN4O3. The second-order valence-electron chi connectivity index (χ2n) is 6.31. The molecule has 0 aliphatic heterocycles. The van der Waals surface area contributed by atoms with Gasteiger partial charge in [0, 0.05) is 19.2 Å². The Balaban J connectivity index is 1.73. The van der Waals surface area contributed by atoms with Crippen LogP contribution in [0.5, 0.6) is 0 Å². The van der Waals surface area contributed by atoms with E-state index in [0.717, 1.165) is 0 Å². The van der Waals surface area contributed by atoms with Crippen LogP contribution in [0.15, 0.2) is 59.4 Å². The summed E-state index contributed by atoms with van der Waals surface area (Å²) in [5.74, 6) is -0.554. The van der Waals surface area contributed by atoms with Gasteiger partial charge >= 0.3 is 6.03 Å². The predicted octanol–water partition coefficient (Wildman–Crippen LogP) is 2.48. The summed E-state index contributed by atoms with van der Waals surface area (Å²) >= 11 is 0. The molecule has 0 aliphatic rings.